The number of aromatic nitrogens is 1. The lowest BCUT2D eigenvalue weighted by Crippen LogP contribution is -2.41. The SMILES string of the molecule is CSC(CO)C(C)NC(=O)c1csc(CCN)n1. The molecule has 0 saturated carbocycles. The molecule has 0 bridgehead atoms. The first-order valence-electron chi connectivity index (χ1n) is 5.71. The molecule has 1 heterocycles. The number of thioether (sulfide) groups is 1. The Morgan fingerprint density at radius 3 is 3.00 bits per heavy atom. The van der Waals surface area contributed by atoms with Gasteiger partial charge in [-0.05, 0) is 19.7 Å². The molecule has 1 amide bonds. The third-order valence-corrected chi connectivity index (χ3v) is 4.61. The van der Waals surface area contributed by atoms with Crippen LogP contribution in [0.25, 0.3) is 0 Å². The second-order valence-electron chi connectivity index (χ2n) is 3.88. The van der Waals surface area contributed by atoms with Gasteiger partial charge < -0.3 is 16.2 Å². The van der Waals surface area contributed by atoms with Crippen molar-refractivity contribution < 1.29 is 9.90 Å². The Morgan fingerprint density at radius 2 is 2.44 bits per heavy atom. The normalized spacial score (nSPS) is 14.2. The molecule has 2 unspecified atom stereocenters. The molecule has 1 aromatic rings. The van der Waals surface area contributed by atoms with Crippen LogP contribution in [0.5, 0.6) is 0 Å². The Hall–Kier alpha value is -0.630. The first-order chi connectivity index (χ1) is 8.62. The van der Waals surface area contributed by atoms with Gasteiger partial charge in [0.2, 0.25) is 0 Å². The average molecular weight is 289 g/mol. The van der Waals surface area contributed by atoms with Crippen LogP contribution in [-0.2, 0) is 6.42 Å². The van der Waals surface area contributed by atoms with Gasteiger partial charge in [-0.1, -0.05) is 0 Å². The highest BCUT2D eigenvalue weighted by molar-refractivity contribution is 7.99. The third kappa shape index (κ3) is 4.24. The average Bonchev–Trinajstić information content (AvgIpc) is 2.79. The van der Waals surface area contributed by atoms with E-state index in [1.165, 1.54) is 23.1 Å². The highest BCUT2D eigenvalue weighted by Gasteiger charge is 2.19. The maximum absolute atomic E-state index is 11.9. The van der Waals surface area contributed by atoms with Gasteiger partial charge >= 0.3 is 0 Å². The number of thiazole rings is 1. The molecule has 5 nitrogen and oxygen atoms in total. The van der Waals surface area contributed by atoms with Crippen molar-refractivity contribution in [2.75, 3.05) is 19.4 Å². The van der Waals surface area contributed by atoms with E-state index in [9.17, 15) is 4.79 Å². The summed E-state index contributed by atoms with van der Waals surface area (Å²) in [5.74, 6) is -0.200. The van der Waals surface area contributed by atoms with Crippen molar-refractivity contribution in [2.45, 2.75) is 24.6 Å². The summed E-state index contributed by atoms with van der Waals surface area (Å²) >= 11 is 2.97. The van der Waals surface area contributed by atoms with Crippen molar-refractivity contribution >= 4 is 29.0 Å². The Balaban J connectivity index is 2.58. The molecule has 102 valence electrons. The zero-order chi connectivity index (χ0) is 13.5. The lowest BCUT2D eigenvalue weighted by atomic mass is 10.2. The summed E-state index contributed by atoms with van der Waals surface area (Å²) in [4.78, 5) is 16.1. The molecule has 1 rings (SSSR count). The van der Waals surface area contributed by atoms with E-state index in [1.54, 1.807) is 5.38 Å². The molecule has 0 aromatic carbocycles. The van der Waals surface area contributed by atoms with Crippen molar-refractivity contribution in [1.82, 2.24) is 10.3 Å². The molecule has 0 aliphatic carbocycles. The summed E-state index contributed by atoms with van der Waals surface area (Å²) < 4.78 is 0. The van der Waals surface area contributed by atoms with Crippen molar-refractivity contribution in [1.29, 1.82) is 0 Å². The van der Waals surface area contributed by atoms with E-state index in [0.717, 1.165) is 5.01 Å². The molecule has 7 heteroatoms. The van der Waals surface area contributed by atoms with Gasteiger partial charge in [-0.15, -0.1) is 11.3 Å². The Labute approximate surface area is 115 Å². The smallest absolute Gasteiger partial charge is 0.271 e. The quantitative estimate of drug-likeness (QED) is 0.680. The number of carbonyl (C=O) groups is 1. The number of nitrogens with zero attached hydrogens (tertiary/aromatic N) is 1. The van der Waals surface area contributed by atoms with Crippen molar-refractivity contribution in [3.63, 3.8) is 0 Å². The predicted molar refractivity (Wildman–Crippen MR) is 76.2 cm³/mol. The Bertz CT molecular complexity index is 380. The third-order valence-electron chi connectivity index (χ3n) is 2.54. The second kappa shape index (κ2) is 7.73. The van der Waals surface area contributed by atoms with Crippen molar-refractivity contribution in [2.24, 2.45) is 5.73 Å². The predicted octanol–water partition coefficient (Wildman–Crippen LogP) is 0.487. The zero-order valence-corrected chi connectivity index (χ0v) is 12.2. The molecule has 0 spiro atoms. The lowest BCUT2D eigenvalue weighted by molar-refractivity contribution is 0.0931. The number of hydrogen-bond acceptors (Lipinski definition) is 6. The highest BCUT2D eigenvalue weighted by atomic mass is 32.2. The molecule has 0 radical (unpaired) electrons. The van der Waals surface area contributed by atoms with Gasteiger partial charge in [-0.25, -0.2) is 4.98 Å². The van der Waals surface area contributed by atoms with Crippen molar-refractivity contribution in [3.05, 3.63) is 16.1 Å². The molecule has 18 heavy (non-hydrogen) atoms. The molecule has 0 fully saturated rings. The zero-order valence-electron chi connectivity index (χ0n) is 10.5. The molecular formula is C11H19N3O2S2. The van der Waals surface area contributed by atoms with Crippen LogP contribution >= 0.6 is 23.1 Å². The van der Waals surface area contributed by atoms with Gasteiger partial charge in [0.1, 0.15) is 5.69 Å². The maximum Gasteiger partial charge on any atom is 0.271 e. The fourth-order valence-corrected chi connectivity index (χ4v) is 2.88. The van der Waals surface area contributed by atoms with E-state index >= 15 is 0 Å². The lowest BCUT2D eigenvalue weighted by Gasteiger charge is -2.20. The van der Waals surface area contributed by atoms with Crippen LogP contribution in [0.2, 0.25) is 0 Å². The van der Waals surface area contributed by atoms with Gasteiger partial charge in [-0.2, -0.15) is 11.8 Å². The summed E-state index contributed by atoms with van der Waals surface area (Å²) in [6.07, 6.45) is 2.60. The van der Waals surface area contributed by atoms with E-state index in [1.807, 2.05) is 13.2 Å². The Morgan fingerprint density at radius 1 is 1.72 bits per heavy atom. The van der Waals surface area contributed by atoms with Crippen LogP contribution in [0.4, 0.5) is 0 Å². The first-order valence-corrected chi connectivity index (χ1v) is 7.88. The fraction of sp³-hybridized carbons (Fsp3) is 0.636. The van der Waals surface area contributed by atoms with Gasteiger partial charge in [0.15, 0.2) is 0 Å². The number of aliphatic hydroxyl groups excluding tert-OH is 1. The maximum atomic E-state index is 11.9. The summed E-state index contributed by atoms with van der Waals surface area (Å²) in [5, 5.41) is 14.6. The Kier molecular flexibility index (Phi) is 6.62. The number of carbonyl (C=O) groups excluding carboxylic acids is 1. The minimum atomic E-state index is -0.200. The van der Waals surface area contributed by atoms with Gasteiger partial charge in [0, 0.05) is 23.1 Å². The van der Waals surface area contributed by atoms with E-state index < -0.39 is 0 Å². The molecular weight excluding hydrogens is 270 g/mol. The van der Waals surface area contributed by atoms with Crippen LogP contribution in [0, 0.1) is 0 Å². The topological polar surface area (TPSA) is 88.2 Å². The number of nitrogens with one attached hydrogen (secondary N) is 1. The van der Waals surface area contributed by atoms with Crippen molar-refractivity contribution in [3.8, 4) is 0 Å². The second-order valence-corrected chi connectivity index (χ2v) is 5.90. The summed E-state index contributed by atoms with van der Waals surface area (Å²) in [5.41, 5.74) is 5.86. The monoisotopic (exact) mass is 289 g/mol. The number of hydrogen-bond donors (Lipinski definition) is 3. The summed E-state index contributed by atoms with van der Waals surface area (Å²) in [6, 6.07) is -0.0999. The van der Waals surface area contributed by atoms with E-state index in [-0.39, 0.29) is 23.8 Å². The highest BCUT2D eigenvalue weighted by Crippen LogP contribution is 2.13. The minimum absolute atomic E-state index is 0.00361. The van der Waals surface area contributed by atoms with Gasteiger partial charge in [0.25, 0.3) is 5.91 Å². The molecule has 0 aliphatic heterocycles. The van der Waals surface area contributed by atoms with Crippen LogP contribution < -0.4 is 11.1 Å². The van der Waals surface area contributed by atoms with Crippen LogP contribution in [-0.4, -0.2) is 46.7 Å². The molecule has 4 N–H and O–H groups in total. The van der Waals surface area contributed by atoms with Crippen LogP contribution in [0.3, 0.4) is 0 Å². The van der Waals surface area contributed by atoms with E-state index in [4.69, 9.17) is 10.8 Å². The van der Waals surface area contributed by atoms with Crippen LogP contribution in [0.15, 0.2) is 5.38 Å². The first kappa shape index (κ1) is 15.4. The largest absolute Gasteiger partial charge is 0.395 e. The van der Waals surface area contributed by atoms with Crippen LogP contribution in [0.1, 0.15) is 22.4 Å². The standard InChI is InChI=1S/C11H19N3O2S2/c1-7(9(5-15)17-2)13-11(16)8-6-18-10(14-8)3-4-12/h6-7,9,15H,3-5,12H2,1-2H3,(H,13,16). The molecule has 0 saturated heterocycles. The summed E-state index contributed by atoms with van der Waals surface area (Å²) in [7, 11) is 0. The van der Waals surface area contributed by atoms with E-state index in [0.29, 0.717) is 18.7 Å². The van der Waals surface area contributed by atoms with Gasteiger partial charge in [-0.3, -0.25) is 4.79 Å². The number of amides is 1. The van der Waals surface area contributed by atoms with E-state index in [2.05, 4.69) is 10.3 Å². The summed E-state index contributed by atoms with van der Waals surface area (Å²) in [6.45, 7) is 2.45. The van der Waals surface area contributed by atoms with Gasteiger partial charge in [0.05, 0.1) is 11.6 Å². The number of aliphatic hydroxyl groups is 1. The molecule has 0 aliphatic rings. The minimum Gasteiger partial charge on any atom is -0.395 e. The fourth-order valence-electron chi connectivity index (χ4n) is 1.46. The molecule has 1 aromatic heterocycles. The number of rotatable bonds is 7. The number of nitrogens with two attached hydrogens (primary N) is 1. The molecule has 2 atom stereocenters.